The first-order valence-electron chi connectivity index (χ1n) is 11.4. The van der Waals surface area contributed by atoms with Gasteiger partial charge in [0, 0.05) is 24.1 Å². The molecular formula is C28H29N3OS. The quantitative estimate of drug-likeness (QED) is 0.422. The largest absolute Gasteiger partial charge is 0.487 e. The van der Waals surface area contributed by atoms with Crippen LogP contribution in [0.25, 0.3) is 5.70 Å². The van der Waals surface area contributed by atoms with Gasteiger partial charge in [-0.05, 0) is 46.4 Å². The van der Waals surface area contributed by atoms with Crippen LogP contribution in [0.1, 0.15) is 49.1 Å². The molecule has 0 spiro atoms. The van der Waals surface area contributed by atoms with Crippen LogP contribution in [0.3, 0.4) is 0 Å². The number of rotatable bonds is 6. The first kappa shape index (κ1) is 21.8. The summed E-state index contributed by atoms with van der Waals surface area (Å²) in [4.78, 5) is 11.2. The van der Waals surface area contributed by atoms with Crippen LogP contribution < -0.4 is 4.74 Å². The Kier molecular flexibility index (Phi) is 5.98. The van der Waals surface area contributed by atoms with Crippen LogP contribution in [0.5, 0.6) is 5.75 Å². The van der Waals surface area contributed by atoms with E-state index in [1.165, 1.54) is 22.4 Å². The van der Waals surface area contributed by atoms with E-state index < -0.39 is 0 Å². The minimum atomic E-state index is 0.0785. The highest BCUT2D eigenvalue weighted by molar-refractivity contribution is 8.16. The van der Waals surface area contributed by atoms with Gasteiger partial charge < -0.3 is 9.64 Å². The van der Waals surface area contributed by atoms with Crippen LogP contribution in [0.15, 0.2) is 83.3 Å². The maximum atomic E-state index is 5.94. The minimum Gasteiger partial charge on any atom is -0.487 e. The smallest absolute Gasteiger partial charge is 0.168 e. The third-order valence-corrected chi connectivity index (χ3v) is 7.00. The van der Waals surface area contributed by atoms with E-state index in [0.717, 1.165) is 29.7 Å². The van der Waals surface area contributed by atoms with Gasteiger partial charge >= 0.3 is 0 Å². The summed E-state index contributed by atoms with van der Waals surface area (Å²) in [5, 5.41) is 3.35. The van der Waals surface area contributed by atoms with Crippen molar-refractivity contribution in [2.24, 2.45) is 10.4 Å². The molecule has 0 N–H and O–H groups in total. The summed E-state index contributed by atoms with van der Waals surface area (Å²) in [5.74, 6) is 1.15. The van der Waals surface area contributed by atoms with E-state index in [4.69, 9.17) is 4.74 Å². The Hall–Kier alpha value is -3.05. The molecule has 0 fully saturated rings. The summed E-state index contributed by atoms with van der Waals surface area (Å²) < 4.78 is 5.94. The molecule has 5 rings (SSSR count). The van der Waals surface area contributed by atoms with E-state index in [1.54, 1.807) is 18.0 Å². The fraction of sp³-hybridized carbons (Fsp3) is 0.286. The zero-order chi connectivity index (χ0) is 22.8. The van der Waals surface area contributed by atoms with E-state index >= 15 is 0 Å². The molecule has 0 saturated carbocycles. The number of aliphatic imine (C=N–C) groups is 1. The minimum absolute atomic E-state index is 0.0785. The SMILES string of the molecule is CC(C)(C)C(c1ccc(OCc2ccccn2)cc1)c1ccc(C2=CSC3=NCCN23)cc1. The molecular weight excluding hydrogens is 426 g/mol. The first-order valence-corrected chi connectivity index (χ1v) is 12.3. The number of hydrogen-bond donors (Lipinski definition) is 0. The Morgan fingerprint density at radius 3 is 2.36 bits per heavy atom. The highest BCUT2D eigenvalue weighted by Crippen LogP contribution is 2.42. The van der Waals surface area contributed by atoms with Crippen molar-refractivity contribution in [3.05, 3.63) is 101 Å². The number of benzene rings is 2. The summed E-state index contributed by atoms with van der Waals surface area (Å²) in [6, 6.07) is 23.5. The van der Waals surface area contributed by atoms with E-state index in [1.807, 2.05) is 18.2 Å². The fourth-order valence-corrected chi connectivity index (χ4v) is 5.55. The van der Waals surface area contributed by atoms with E-state index in [2.05, 4.69) is 89.6 Å². The molecule has 3 aromatic rings. The number of nitrogens with zero attached hydrogens (tertiary/aromatic N) is 3. The van der Waals surface area contributed by atoms with Gasteiger partial charge in [0.15, 0.2) is 5.17 Å². The van der Waals surface area contributed by atoms with Gasteiger partial charge in [-0.3, -0.25) is 9.98 Å². The average Bonchev–Trinajstić information content (AvgIpc) is 3.43. The topological polar surface area (TPSA) is 37.7 Å². The third-order valence-electron chi connectivity index (χ3n) is 6.10. The molecule has 3 heterocycles. The number of hydrogen-bond acceptors (Lipinski definition) is 5. The Balaban J connectivity index is 1.34. The van der Waals surface area contributed by atoms with E-state index in [0.29, 0.717) is 6.61 Å². The van der Waals surface area contributed by atoms with Crippen molar-refractivity contribution in [2.45, 2.75) is 33.3 Å². The molecule has 1 aromatic heterocycles. The summed E-state index contributed by atoms with van der Waals surface area (Å²) in [7, 11) is 0. The van der Waals surface area contributed by atoms with E-state index in [-0.39, 0.29) is 11.3 Å². The number of thioether (sulfide) groups is 1. The zero-order valence-electron chi connectivity index (χ0n) is 19.4. The van der Waals surface area contributed by atoms with Gasteiger partial charge in [0.25, 0.3) is 0 Å². The number of amidine groups is 1. The molecule has 0 bridgehead atoms. The van der Waals surface area contributed by atoms with Crippen molar-refractivity contribution >= 4 is 22.6 Å². The van der Waals surface area contributed by atoms with Crippen LogP contribution in [0.4, 0.5) is 0 Å². The summed E-state index contributed by atoms with van der Waals surface area (Å²) >= 11 is 1.73. The average molecular weight is 456 g/mol. The Morgan fingerprint density at radius 1 is 0.970 bits per heavy atom. The van der Waals surface area contributed by atoms with Gasteiger partial charge in [-0.25, -0.2) is 0 Å². The van der Waals surface area contributed by atoms with Crippen molar-refractivity contribution < 1.29 is 4.74 Å². The predicted octanol–water partition coefficient (Wildman–Crippen LogP) is 6.56. The first-order chi connectivity index (χ1) is 16.0. The molecule has 2 aromatic carbocycles. The van der Waals surface area contributed by atoms with Crippen LogP contribution in [-0.4, -0.2) is 28.1 Å². The van der Waals surface area contributed by atoms with Crippen molar-refractivity contribution in [1.82, 2.24) is 9.88 Å². The molecule has 5 heteroatoms. The van der Waals surface area contributed by atoms with Crippen molar-refractivity contribution in [3.63, 3.8) is 0 Å². The molecule has 0 radical (unpaired) electrons. The van der Waals surface area contributed by atoms with Crippen LogP contribution >= 0.6 is 11.8 Å². The second kappa shape index (κ2) is 9.06. The van der Waals surface area contributed by atoms with Gasteiger partial charge in [-0.2, -0.15) is 0 Å². The molecule has 168 valence electrons. The fourth-order valence-electron chi connectivity index (χ4n) is 4.58. The lowest BCUT2D eigenvalue weighted by Crippen LogP contribution is -2.21. The predicted molar refractivity (Wildman–Crippen MR) is 137 cm³/mol. The van der Waals surface area contributed by atoms with Gasteiger partial charge in [0.2, 0.25) is 0 Å². The van der Waals surface area contributed by atoms with Crippen molar-refractivity contribution in [2.75, 3.05) is 13.1 Å². The number of aromatic nitrogens is 1. The van der Waals surface area contributed by atoms with Gasteiger partial charge in [-0.15, -0.1) is 0 Å². The molecule has 0 saturated heterocycles. The van der Waals surface area contributed by atoms with Crippen LogP contribution in [0.2, 0.25) is 0 Å². The summed E-state index contributed by atoms with van der Waals surface area (Å²) in [6.45, 7) is 9.27. The number of fused-ring (bicyclic) bond motifs is 1. The van der Waals surface area contributed by atoms with Crippen LogP contribution in [-0.2, 0) is 6.61 Å². The maximum Gasteiger partial charge on any atom is 0.168 e. The molecule has 2 aliphatic rings. The molecule has 2 aliphatic heterocycles. The monoisotopic (exact) mass is 455 g/mol. The second-order valence-electron chi connectivity index (χ2n) is 9.54. The van der Waals surface area contributed by atoms with Crippen molar-refractivity contribution in [1.29, 1.82) is 0 Å². The molecule has 4 nitrogen and oxygen atoms in total. The lowest BCUT2D eigenvalue weighted by Gasteiger charge is -2.32. The molecule has 33 heavy (non-hydrogen) atoms. The maximum absolute atomic E-state index is 5.94. The molecule has 1 atom stereocenters. The van der Waals surface area contributed by atoms with E-state index in [9.17, 15) is 0 Å². The summed E-state index contributed by atoms with van der Waals surface area (Å²) in [6.07, 6.45) is 1.79. The molecule has 0 aliphatic carbocycles. The highest BCUT2D eigenvalue weighted by Gasteiger charge is 2.30. The normalized spacial score (nSPS) is 16.3. The van der Waals surface area contributed by atoms with Gasteiger partial charge in [0.1, 0.15) is 12.4 Å². The lowest BCUT2D eigenvalue weighted by atomic mass is 9.72. The lowest BCUT2D eigenvalue weighted by molar-refractivity contribution is 0.301. The highest BCUT2D eigenvalue weighted by atomic mass is 32.2. The number of ether oxygens (including phenoxy) is 1. The zero-order valence-corrected chi connectivity index (χ0v) is 20.2. The van der Waals surface area contributed by atoms with Gasteiger partial charge in [0.05, 0.1) is 17.9 Å². The van der Waals surface area contributed by atoms with Crippen molar-refractivity contribution in [3.8, 4) is 5.75 Å². The third kappa shape index (κ3) is 4.69. The summed E-state index contributed by atoms with van der Waals surface area (Å²) in [5.41, 5.74) is 6.15. The van der Waals surface area contributed by atoms with Crippen LogP contribution in [0, 0.1) is 5.41 Å². The Morgan fingerprint density at radius 2 is 1.70 bits per heavy atom. The Labute approximate surface area is 200 Å². The molecule has 0 amide bonds. The molecule has 1 unspecified atom stereocenters. The standard InChI is InChI=1S/C28H29N3OS/c1-28(2,3)26(22-11-13-24(14-12-22)32-18-23-6-4-5-15-29-23)21-9-7-20(8-10-21)25-19-33-27-30-16-17-31(25)27/h4-15,19,26H,16-18H2,1-3H3. The second-order valence-corrected chi connectivity index (χ2v) is 10.4. The van der Waals surface area contributed by atoms with Gasteiger partial charge in [-0.1, -0.05) is 75.0 Å². The Bertz CT molecular complexity index is 1160. The number of pyridine rings is 1.